The number of carbonyl (C=O) groups is 1. The second kappa shape index (κ2) is 8.64. The number of amides is 1. The zero-order valence-corrected chi connectivity index (χ0v) is 16.2. The lowest BCUT2D eigenvalue weighted by Crippen LogP contribution is -2.41. The fourth-order valence-corrected chi connectivity index (χ4v) is 4.07. The van der Waals surface area contributed by atoms with Crippen molar-refractivity contribution in [3.8, 4) is 5.75 Å². The lowest BCUT2D eigenvalue weighted by atomic mass is 9.97. The van der Waals surface area contributed by atoms with Gasteiger partial charge in [-0.15, -0.1) is 11.3 Å². The van der Waals surface area contributed by atoms with Crippen molar-refractivity contribution in [2.75, 3.05) is 20.6 Å². The highest BCUT2D eigenvalue weighted by Gasteiger charge is 2.34. The molecule has 0 saturated heterocycles. The Morgan fingerprint density at radius 3 is 2.65 bits per heavy atom. The first kappa shape index (κ1) is 18.9. The van der Waals surface area contributed by atoms with Crippen LogP contribution in [0.5, 0.6) is 5.75 Å². The van der Waals surface area contributed by atoms with Crippen LogP contribution in [0.4, 0.5) is 0 Å². The summed E-state index contributed by atoms with van der Waals surface area (Å²) in [6.07, 6.45) is 5.73. The molecule has 26 heavy (non-hydrogen) atoms. The van der Waals surface area contributed by atoms with Gasteiger partial charge in [-0.3, -0.25) is 9.78 Å². The van der Waals surface area contributed by atoms with Crippen molar-refractivity contribution in [3.63, 3.8) is 0 Å². The summed E-state index contributed by atoms with van der Waals surface area (Å²) >= 11 is 1.65. The van der Waals surface area contributed by atoms with Crippen LogP contribution in [0.2, 0.25) is 0 Å². The van der Waals surface area contributed by atoms with Crippen LogP contribution >= 0.6 is 11.3 Å². The molecule has 2 unspecified atom stereocenters. The van der Waals surface area contributed by atoms with E-state index in [9.17, 15) is 9.90 Å². The van der Waals surface area contributed by atoms with Crippen LogP contribution < -0.4 is 5.32 Å². The fraction of sp³-hybridized carbons (Fsp3) is 0.500. The van der Waals surface area contributed by atoms with Crippen molar-refractivity contribution in [1.29, 1.82) is 0 Å². The number of nitrogens with one attached hydrogen (secondary N) is 1. The second-order valence-electron chi connectivity index (χ2n) is 7.34. The maximum atomic E-state index is 12.5. The molecular weight excluding hydrogens is 346 g/mol. The van der Waals surface area contributed by atoms with Gasteiger partial charge in [-0.25, -0.2) is 0 Å². The van der Waals surface area contributed by atoms with Gasteiger partial charge in [0.1, 0.15) is 5.75 Å². The maximum Gasteiger partial charge on any atom is 0.220 e. The van der Waals surface area contributed by atoms with Gasteiger partial charge in [-0.1, -0.05) is 12.1 Å². The quantitative estimate of drug-likeness (QED) is 0.709. The summed E-state index contributed by atoms with van der Waals surface area (Å²) in [5.74, 6) is 1.35. The van der Waals surface area contributed by atoms with Crippen LogP contribution in [0.3, 0.4) is 0 Å². The minimum Gasteiger partial charge on any atom is -0.508 e. The molecule has 2 aromatic rings. The summed E-state index contributed by atoms with van der Waals surface area (Å²) < 4.78 is 0. The molecule has 2 atom stereocenters. The Labute approximate surface area is 159 Å². The molecule has 1 aliphatic carbocycles. The molecule has 1 aromatic carbocycles. The average molecular weight is 374 g/mol. The van der Waals surface area contributed by atoms with Gasteiger partial charge in [-0.2, -0.15) is 0 Å². The van der Waals surface area contributed by atoms with Crippen molar-refractivity contribution >= 4 is 17.2 Å². The summed E-state index contributed by atoms with van der Waals surface area (Å²) in [4.78, 5) is 20.1. The molecule has 1 aliphatic rings. The number of aromatic hydroxyl groups is 1. The largest absolute Gasteiger partial charge is 0.508 e. The van der Waals surface area contributed by atoms with Crippen molar-refractivity contribution in [3.05, 3.63) is 46.4 Å². The third kappa shape index (κ3) is 5.29. The first-order chi connectivity index (χ1) is 12.5. The molecule has 140 valence electrons. The molecule has 0 aliphatic heterocycles. The predicted octanol–water partition coefficient (Wildman–Crippen LogP) is 3.02. The van der Waals surface area contributed by atoms with Crippen LogP contribution in [-0.4, -0.2) is 47.6 Å². The van der Waals surface area contributed by atoms with Crippen molar-refractivity contribution in [2.24, 2.45) is 5.92 Å². The van der Waals surface area contributed by atoms with E-state index in [0.717, 1.165) is 12.0 Å². The molecule has 0 radical (unpaired) electrons. The van der Waals surface area contributed by atoms with E-state index < -0.39 is 0 Å². The van der Waals surface area contributed by atoms with Gasteiger partial charge in [0, 0.05) is 36.0 Å². The monoisotopic (exact) mass is 373 g/mol. The van der Waals surface area contributed by atoms with Gasteiger partial charge in [0.25, 0.3) is 0 Å². The molecular formula is C20H27N3O2S. The van der Waals surface area contributed by atoms with Crippen LogP contribution in [0.15, 0.2) is 36.0 Å². The number of phenols is 1. The predicted molar refractivity (Wildman–Crippen MR) is 104 cm³/mol. The van der Waals surface area contributed by atoms with Gasteiger partial charge >= 0.3 is 0 Å². The van der Waals surface area contributed by atoms with E-state index in [1.54, 1.807) is 23.5 Å². The highest BCUT2D eigenvalue weighted by molar-refractivity contribution is 7.09. The Kier molecular flexibility index (Phi) is 6.27. The van der Waals surface area contributed by atoms with Gasteiger partial charge in [0.15, 0.2) is 0 Å². The summed E-state index contributed by atoms with van der Waals surface area (Å²) in [6, 6.07) is 7.48. The highest BCUT2D eigenvalue weighted by atomic mass is 32.1. The third-order valence-corrected chi connectivity index (χ3v) is 5.99. The first-order valence-corrected chi connectivity index (χ1v) is 10.0. The first-order valence-electron chi connectivity index (χ1n) is 9.12. The van der Waals surface area contributed by atoms with Crippen molar-refractivity contribution in [1.82, 2.24) is 15.2 Å². The van der Waals surface area contributed by atoms with Crippen LogP contribution in [0.1, 0.15) is 35.6 Å². The van der Waals surface area contributed by atoms with Crippen LogP contribution in [0, 0.1) is 5.92 Å². The van der Waals surface area contributed by atoms with Crippen LogP contribution in [0.25, 0.3) is 0 Å². The van der Waals surface area contributed by atoms with E-state index in [1.807, 2.05) is 37.9 Å². The van der Waals surface area contributed by atoms with E-state index in [0.29, 0.717) is 24.8 Å². The lowest BCUT2D eigenvalue weighted by molar-refractivity contribution is -0.121. The van der Waals surface area contributed by atoms with E-state index in [-0.39, 0.29) is 17.7 Å². The number of benzene rings is 1. The Bertz CT molecular complexity index is 696. The smallest absolute Gasteiger partial charge is 0.220 e. The Morgan fingerprint density at radius 1 is 1.35 bits per heavy atom. The van der Waals surface area contributed by atoms with E-state index in [2.05, 4.69) is 15.2 Å². The van der Waals surface area contributed by atoms with Gasteiger partial charge < -0.3 is 15.3 Å². The van der Waals surface area contributed by atoms with E-state index in [1.165, 1.54) is 17.7 Å². The Morgan fingerprint density at radius 2 is 2.08 bits per heavy atom. The standard InChI is InChI=1S/C20H27N3O2S/c1-23(2)16(9-14-3-7-17(24)8-4-14)11-22-20(25)10-18(15-5-6-15)19-12-21-13-26-19/h3-4,7-8,12-13,15-16,18,24H,5-6,9-11H2,1-2H3,(H,22,25). The van der Waals surface area contributed by atoms with Crippen molar-refractivity contribution in [2.45, 2.75) is 37.6 Å². The molecule has 0 bridgehead atoms. The molecule has 1 saturated carbocycles. The molecule has 1 amide bonds. The van der Waals surface area contributed by atoms with Crippen LogP contribution in [-0.2, 0) is 11.2 Å². The number of phenolic OH excluding ortho intramolecular Hbond substituents is 1. The minimum atomic E-state index is 0.118. The molecule has 3 rings (SSSR count). The van der Waals surface area contributed by atoms with Crippen molar-refractivity contribution < 1.29 is 9.90 Å². The normalized spacial score (nSPS) is 16.4. The Hall–Kier alpha value is -1.92. The number of likely N-dealkylation sites (N-methyl/N-ethyl adjacent to an activating group) is 1. The number of carbonyl (C=O) groups excluding carboxylic acids is 1. The van der Waals surface area contributed by atoms with E-state index in [4.69, 9.17) is 0 Å². The average Bonchev–Trinajstić information content (AvgIpc) is 3.31. The molecule has 0 spiro atoms. The number of aromatic nitrogens is 1. The van der Waals surface area contributed by atoms with E-state index >= 15 is 0 Å². The fourth-order valence-electron chi connectivity index (χ4n) is 3.25. The summed E-state index contributed by atoms with van der Waals surface area (Å²) in [7, 11) is 4.06. The van der Waals surface area contributed by atoms with Gasteiger partial charge in [0.2, 0.25) is 5.91 Å². The highest BCUT2D eigenvalue weighted by Crippen LogP contribution is 2.45. The molecule has 1 aromatic heterocycles. The van der Waals surface area contributed by atoms with Gasteiger partial charge in [0.05, 0.1) is 5.51 Å². The third-order valence-electron chi connectivity index (χ3n) is 5.09. The number of nitrogens with zero attached hydrogens (tertiary/aromatic N) is 2. The number of thiazole rings is 1. The number of hydrogen-bond acceptors (Lipinski definition) is 5. The molecule has 5 nitrogen and oxygen atoms in total. The summed E-state index contributed by atoms with van der Waals surface area (Å²) in [5.41, 5.74) is 3.00. The molecule has 1 heterocycles. The second-order valence-corrected chi connectivity index (χ2v) is 8.26. The number of hydrogen-bond donors (Lipinski definition) is 2. The maximum absolute atomic E-state index is 12.5. The van der Waals surface area contributed by atoms with Gasteiger partial charge in [-0.05, 0) is 57.0 Å². The molecule has 1 fully saturated rings. The molecule has 2 N–H and O–H groups in total. The minimum absolute atomic E-state index is 0.118. The SMILES string of the molecule is CN(C)C(CNC(=O)CC(c1cncs1)C1CC1)Cc1ccc(O)cc1. The zero-order valence-electron chi connectivity index (χ0n) is 15.4. The topological polar surface area (TPSA) is 65.5 Å². The Balaban J connectivity index is 1.53. The molecule has 6 heteroatoms. The zero-order chi connectivity index (χ0) is 18.5. The lowest BCUT2D eigenvalue weighted by Gasteiger charge is -2.25. The summed E-state index contributed by atoms with van der Waals surface area (Å²) in [6.45, 7) is 0.618. The number of rotatable bonds is 9. The summed E-state index contributed by atoms with van der Waals surface area (Å²) in [5, 5.41) is 12.5.